The van der Waals surface area contributed by atoms with Crippen molar-refractivity contribution in [3.05, 3.63) is 24.3 Å². The molecular formula is C46H84O6. The van der Waals surface area contributed by atoms with Crippen LogP contribution in [-0.2, 0) is 28.6 Å². The zero-order chi connectivity index (χ0) is 38.0. The van der Waals surface area contributed by atoms with Crippen molar-refractivity contribution < 1.29 is 28.6 Å². The summed E-state index contributed by atoms with van der Waals surface area (Å²) in [6.07, 6.45) is 44.5. The Morgan fingerprint density at radius 2 is 0.692 bits per heavy atom. The predicted molar refractivity (Wildman–Crippen MR) is 219 cm³/mol. The Labute approximate surface area is 322 Å². The summed E-state index contributed by atoms with van der Waals surface area (Å²) in [5, 5.41) is 0. The number of allylic oxidation sites excluding steroid dienone is 4. The number of carbonyl (C=O) groups is 3. The van der Waals surface area contributed by atoms with Gasteiger partial charge in [-0.3, -0.25) is 14.4 Å². The highest BCUT2D eigenvalue weighted by Crippen LogP contribution is 2.14. The number of hydrogen-bond acceptors (Lipinski definition) is 6. The maximum absolute atomic E-state index is 12.6. The highest BCUT2D eigenvalue weighted by atomic mass is 16.6. The topological polar surface area (TPSA) is 78.9 Å². The van der Waals surface area contributed by atoms with E-state index in [1.54, 1.807) is 0 Å². The van der Waals surface area contributed by atoms with Crippen LogP contribution in [0.4, 0.5) is 0 Å². The van der Waals surface area contributed by atoms with Gasteiger partial charge < -0.3 is 14.2 Å². The van der Waals surface area contributed by atoms with Crippen molar-refractivity contribution in [3.8, 4) is 0 Å². The second kappa shape index (κ2) is 41.6. The van der Waals surface area contributed by atoms with Crippen molar-refractivity contribution in [1.29, 1.82) is 0 Å². The van der Waals surface area contributed by atoms with Gasteiger partial charge in [-0.1, -0.05) is 186 Å². The molecule has 0 aliphatic rings. The van der Waals surface area contributed by atoms with Gasteiger partial charge in [-0.25, -0.2) is 0 Å². The molecule has 0 bridgehead atoms. The summed E-state index contributed by atoms with van der Waals surface area (Å²) >= 11 is 0. The lowest BCUT2D eigenvalue weighted by Crippen LogP contribution is -2.30. The van der Waals surface area contributed by atoms with Crippen LogP contribution in [-0.4, -0.2) is 37.2 Å². The highest BCUT2D eigenvalue weighted by molar-refractivity contribution is 5.71. The van der Waals surface area contributed by atoms with E-state index in [0.29, 0.717) is 19.3 Å². The van der Waals surface area contributed by atoms with Crippen LogP contribution in [0, 0.1) is 0 Å². The van der Waals surface area contributed by atoms with Gasteiger partial charge in [0.25, 0.3) is 0 Å². The summed E-state index contributed by atoms with van der Waals surface area (Å²) in [6, 6.07) is 0. The molecule has 0 saturated heterocycles. The second-order valence-electron chi connectivity index (χ2n) is 15.0. The Morgan fingerprint density at radius 3 is 1.08 bits per heavy atom. The summed E-state index contributed by atoms with van der Waals surface area (Å²) in [5.74, 6) is -0.889. The van der Waals surface area contributed by atoms with Crippen LogP contribution >= 0.6 is 0 Å². The zero-order valence-corrected chi connectivity index (χ0v) is 34.6. The maximum atomic E-state index is 12.6. The van der Waals surface area contributed by atoms with Crippen LogP contribution in [0.3, 0.4) is 0 Å². The van der Waals surface area contributed by atoms with Gasteiger partial charge in [0.2, 0.25) is 0 Å². The Balaban J connectivity index is 4.31. The molecule has 1 atom stereocenters. The summed E-state index contributed by atoms with van der Waals surface area (Å²) in [7, 11) is 0. The molecule has 0 spiro atoms. The first-order valence-corrected chi connectivity index (χ1v) is 22.3. The van der Waals surface area contributed by atoms with Gasteiger partial charge in [-0.05, 0) is 51.4 Å². The molecule has 52 heavy (non-hydrogen) atoms. The first-order chi connectivity index (χ1) is 25.5. The average molecular weight is 733 g/mol. The average Bonchev–Trinajstić information content (AvgIpc) is 3.14. The molecule has 0 N–H and O–H groups in total. The molecule has 0 rings (SSSR count). The van der Waals surface area contributed by atoms with Crippen molar-refractivity contribution in [2.45, 2.75) is 239 Å². The number of esters is 3. The third kappa shape index (κ3) is 39.1. The van der Waals surface area contributed by atoms with E-state index in [-0.39, 0.29) is 31.1 Å². The normalized spacial score (nSPS) is 12.1. The van der Waals surface area contributed by atoms with E-state index in [1.807, 2.05) is 0 Å². The number of ether oxygens (including phenoxy) is 3. The fourth-order valence-electron chi connectivity index (χ4n) is 6.29. The lowest BCUT2D eigenvalue weighted by atomic mass is 10.1. The lowest BCUT2D eigenvalue weighted by Gasteiger charge is -2.18. The van der Waals surface area contributed by atoms with E-state index in [9.17, 15) is 14.4 Å². The van der Waals surface area contributed by atoms with Gasteiger partial charge in [0, 0.05) is 19.3 Å². The molecule has 304 valence electrons. The molecule has 6 heteroatoms. The van der Waals surface area contributed by atoms with Crippen LogP contribution in [0.5, 0.6) is 0 Å². The molecule has 0 fully saturated rings. The fraction of sp³-hybridized carbons (Fsp3) is 0.848. The Hall–Kier alpha value is -2.11. The maximum Gasteiger partial charge on any atom is 0.306 e. The van der Waals surface area contributed by atoms with Gasteiger partial charge in [0.05, 0.1) is 0 Å². The van der Waals surface area contributed by atoms with E-state index in [2.05, 4.69) is 45.1 Å². The number of unbranched alkanes of at least 4 members (excludes halogenated alkanes) is 25. The second-order valence-corrected chi connectivity index (χ2v) is 15.0. The Bertz CT molecular complexity index is 850. The molecule has 0 aromatic heterocycles. The molecule has 6 nitrogen and oxygen atoms in total. The first-order valence-electron chi connectivity index (χ1n) is 22.3. The summed E-state index contributed by atoms with van der Waals surface area (Å²) in [6.45, 7) is 6.56. The van der Waals surface area contributed by atoms with Crippen LogP contribution in [0.15, 0.2) is 24.3 Å². The molecule has 0 aliphatic heterocycles. The van der Waals surface area contributed by atoms with Gasteiger partial charge >= 0.3 is 17.9 Å². The van der Waals surface area contributed by atoms with Crippen molar-refractivity contribution >= 4 is 17.9 Å². The number of hydrogen-bond donors (Lipinski definition) is 0. The number of carbonyl (C=O) groups excluding carboxylic acids is 3. The third-order valence-electron chi connectivity index (χ3n) is 9.71. The quantitative estimate of drug-likeness (QED) is 0.0270. The molecule has 0 aromatic rings. The minimum Gasteiger partial charge on any atom is -0.462 e. The Kier molecular flexibility index (Phi) is 40.0. The smallest absolute Gasteiger partial charge is 0.306 e. The molecule has 0 heterocycles. The first kappa shape index (κ1) is 49.9. The van der Waals surface area contributed by atoms with Crippen LogP contribution in [0.1, 0.15) is 233 Å². The predicted octanol–water partition coefficient (Wildman–Crippen LogP) is 14.0. The molecule has 0 aliphatic carbocycles. The van der Waals surface area contributed by atoms with Gasteiger partial charge in [0.1, 0.15) is 13.2 Å². The summed E-state index contributed by atoms with van der Waals surface area (Å²) in [4.78, 5) is 37.6. The minimum absolute atomic E-state index is 0.0727. The van der Waals surface area contributed by atoms with E-state index >= 15 is 0 Å². The lowest BCUT2D eigenvalue weighted by molar-refractivity contribution is -0.167. The summed E-state index contributed by atoms with van der Waals surface area (Å²) < 4.78 is 16.6. The van der Waals surface area contributed by atoms with Crippen molar-refractivity contribution in [1.82, 2.24) is 0 Å². The van der Waals surface area contributed by atoms with E-state index in [0.717, 1.165) is 77.0 Å². The standard InChI is InChI=1S/C46H84O6/c1-4-7-10-13-16-19-21-22-23-24-25-26-28-30-33-36-39-45(48)51-42-43(41-50-44(47)38-35-32-29-18-15-12-9-6-3)52-46(49)40-37-34-31-27-20-17-14-11-8-5-2/h19,21,23-24,43H,4-18,20,22,25-42H2,1-3H3/b21-19-,24-23-. The van der Waals surface area contributed by atoms with Gasteiger partial charge in [0.15, 0.2) is 6.10 Å². The van der Waals surface area contributed by atoms with Crippen molar-refractivity contribution in [2.75, 3.05) is 13.2 Å². The molecule has 0 amide bonds. The fourth-order valence-corrected chi connectivity index (χ4v) is 6.29. The van der Waals surface area contributed by atoms with Crippen molar-refractivity contribution in [2.24, 2.45) is 0 Å². The van der Waals surface area contributed by atoms with Crippen molar-refractivity contribution in [3.63, 3.8) is 0 Å². The van der Waals surface area contributed by atoms with Crippen LogP contribution in [0.25, 0.3) is 0 Å². The molecule has 0 aromatic carbocycles. The van der Waals surface area contributed by atoms with E-state index in [4.69, 9.17) is 14.2 Å². The molecule has 0 radical (unpaired) electrons. The zero-order valence-electron chi connectivity index (χ0n) is 34.6. The monoisotopic (exact) mass is 733 g/mol. The molecular weight excluding hydrogens is 648 g/mol. The number of rotatable bonds is 40. The van der Waals surface area contributed by atoms with Crippen LogP contribution in [0.2, 0.25) is 0 Å². The SMILES string of the molecule is CCCCCC/C=C\C/C=C\CCCCCCCC(=O)OCC(COC(=O)CCCCCCCCCC)OC(=O)CCCCCCCCCCCC. The largest absolute Gasteiger partial charge is 0.462 e. The third-order valence-corrected chi connectivity index (χ3v) is 9.71. The summed E-state index contributed by atoms with van der Waals surface area (Å²) in [5.41, 5.74) is 0. The van der Waals surface area contributed by atoms with E-state index in [1.165, 1.54) is 116 Å². The van der Waals surface area contributed by atoms with Gasteiger partial charge in [-0.2, -0.15) is 0 Å². The van der Waals surface area contributed by atoms with Gasteiger partial charge in [-0.15, -0.1) is 0 Å². The molecule has 1 unspecified atom stereocenters. The Morgan fingerprint density at radius 1 is 0.385 bits per heavy atom. The highest BCUT2D eigenvalue weighted by Gasteiger charge is 2.19. The van der Waals surface area contributed by atoms with E-state index < -0.39 is 6.10 Å². The minimum atomic E-state index is -0.767. The molecule has 0 saturated carbocycles. The van der Waals surface area contributed by atoms with Crippen LogP contribution < -0.4 is 0 Å².